The minimum Gasteiger partial charge on any atom is -0.468 e. The van der Waals surface area contributed by atoms with Crippen molar-refractivity contribution >= 4 is 14.3 Å². The van der Waals surface area contributed by atoms with Crippen LogP contribution in [0.2, 0.25) is 18.1 Å². The maximum absolute atomic E-state index is 13.2. The van der Waals surface area contributed by atoms with Crippen molar-refractivity contribution in [1.29, 1.82) is 0 Å². The van der Waals surface area contributed by atoms with Gasteiger partial charge in [0.05, 0.1) is 38.6 Å². The number of methoxy groups -OCH3 is 1. The molecular weight excluding hydrogens is 384 g/mol. The number of ether oxygens (including phenoxy) is 3. The molecule has 0 spiro atoms. The van der Waals surface area contributed by atoms with Crippen molar-refractivity contribution in [3.63, 3.8) is 0 Å². The molecule has 1 saturated heterocycles. The fourth-order valence-corrected chi connectivity index (χ4v) is 5.18. The van der Waals surface area contributed by atoms with Crippen molar-refractivity contribution < 1.29 is 23.4 Å². The van der Waals surface area contributed by atoms with Gasteiger partial charge in [-0.05, 0) is 23.7 Å². The Morgan fingerprint density at radius 2 is 1.90 bits per heavy atom. The van der Waals surface area contributed by atoms with E-state index in [1.165, 1.54) is 7.11 Å². The minimum absolute atomic E-state index is 0.0262. The molecule has 4 atom stereocenters. The van der Waals surface area contributed by atoms with Gasteiger partial charge in [-0.3, -0.25) is 4.79 Å². The van der Waals surface area contributed by atoms with Crippen LogP contribution < -0.4 is 0 Å². The van der Waals surface area contributed by atoms with Crippen LogP contribution in [0.25, 0.3) is 0 Å². The van der Waals surface area contributed by atoms with E-state index in [4.69, 9.17) is 18.6 Å². The lowest BCUT2D eigenvalue weighted by Gasteiger charge is -2.49. The van der Waals surface area contributed by atoms with Gasteiger partial charge in [-0.2, -0.15) is 0 Å². The summed E-state index contributed by atoms with van der Waals surface area (Å²) in [7, 11) is -0.695. The highest BCUT2D eigenvalue weighted by atomic mass is 28.4. The molecule has 5 nitrogen and oxygen atoms in total. The zero-order chi connectivity index (χ0) is 21.3. The molecule has 0 saturated carbocycles. The Morgan fingerprint density at radius 1 is 1.21 bits per heavy atom. The average Bonchev–Trinajstić information content (AvgIpc) is 3.07. The van der Waals surface area contributed by atoms with Crippen LogP contribution in [0.1, 0.15) is 32.8 Å². The lowest BCUT2D eigenvalue weighted by molar-refractivity contribution is -0.199. The smallest absolute Gasteiger partial charge is 0.319 e. The lowest BCUT2D eigenvalue weighted by atomic mass is 9.75. The van der Waals surface area contributed by atoms with Crippen LogP contribution in [-0.2, 0) is 30.0 Å². The SMILES string of the molecule is COC(=O)[C@]1(COCc2ccccc2)[C@@H]2C=C[C@H](C[C@H]1O[Si](C)(C)C(C)(C)C)O2. The first-order chi connectivity index (χ1) is 13.6. The van der Waals surface area contributed by atoms with Crippen LogP contribution in [-0.4, -0.2) is 46.3 Å². The third-order valence-electron chi connectivity index (χ3n) is 6.61. The molecule has 0 unspecified atom stereocenters. The Hall–Kier alpha value is -1.47. The number of benzene rings is 1. The topological polar surface area (TPSA) is 54.0 Å². The molecule has 3 rings (SSSR count). The van der Waals surface area contributed by atoms with E-state index in [0.717, 1.165) is 5.56 Å². The molecule has 29 heavy (non-hydrogen) atoms. The predicted octanol–water partition coefficient (Wildman–Crippen LogP) is 4.48. The maximum Gasteiger partial charge on any atom is 0.319 e. The van der Waals surface area contributed by atoms with Crippen LogP contribution in [0, 0.1) is 5.41 Å². The summed E-state index contributed by atoms with van der Waals surface area (Å²) in [4.78, 5) is 13.2. The second-order valence-electron chi connectivity index (χ2n) is 9.59. The Morgan fingerprint density at radius 3 is 2.52 bits per heavy atom. The number of fused-ring (bicyclic) bond motifs is 2. The maximum atomic E-state index is 13.2. The van der Waals surface area contributed by atoms with Gasteiger partial charge in [-0.15, -0.1) is 0 Å². The molecule has 160 valence electrons. The van der Waals surface area contributed by atoms with Crippen LogP contribution >= 0.6 is 0 Å². The van der Waals surface area contributed by atoms with Gasteiger partial charge in [0.1, 0.15) is 5.41 Å². The molecular formula is C23H34O5Si. The second-order valence-corrected chi connectivity index (χ2v) is 14.3. The first kappa shape index (κ1) is 22.2. The van der Waals surface area contributed by atoms with Gasteiger partial charge >= 0.3 is 5.97 Å². The fraction of sp³-hybridized carbons (Fsp3) is 0.609. The second kappa shape index (κ2) is 8.34. The van der Waals surface area contributed by atoms with Crippen molar-refractivity contribution in [2.75, 3.05) is 13.7 Å². The molecule has 0 aromatic heterocycles. The summed E-state index contributed by atoms with van der Waals surface area (Å²) >= 11 is 0. The third kappa shape index (κ3) is 4.36. The number of esters is 1. The van der Waals surface area contributed by atoms with E-state index in [9.17, 15) is 4.79 Å². The molecule has 1 aromatic rings. The largest absolute Gasteiger partial charge is 0.468 e. The molecule has 0 N–H and O–H groups in total. The van der Waals surface area contributed by atoms with Gasteiger partial charge < -0.3 is 18.6 Å². The van der Waals surface area contributed by atoms with E-state index in [-0.39, 0.29) is 29.8 Å². The number of hydrogen-bond donors (Lipinski definition) is 0. The van der Waals surface area contributed by atoms with E-state index in [2.05, 4.69) is 33.9 Å². The molecule has 0 aliphatic carbocycles. The zero-order valence-corrected chi connectivity index (χ0v) is 19.4. The summed E-state index contributed by atoms with van der Waals surface area (Å²) in [5, 5.41) is 0.0323. The average molecular weight is 419 g/mol. The molecule has 2 bridgehead atoms. The summed E-state index contributed by atoms with van der Waals surface area (Å²) < 4.78 is 24.3. The van der Waals surface area contributed by atoms with Crippen LogP contribution in [0.15, 0.2) is 42.5 Å². The molecule has 0 radical (unpaired) electrons. The Labute approximate surface area is 175 Å². The quantitative estimate of drug-likeness (QED) is 0.371. The van der Waals surface area contributed by atoms with Crippen LogP contribution in [0.4, 0.5) is 0 Å². The molecule has 2 heterocycles. The molecule has 1 fully saturated rings. The van der Waals surface area contributed by atoms with Gasteiger partial charge in [0.2, 0.25) is 0 Å². The normalized spacial score (nSPS) is 29.1. The highest BCUT2D eigenvalue weighted by Crippen LogP contribution is 2.48. The first-order valence-corrected chi connectivity index (χ1v) is 13.2. The van der Waals surface area contributed by atoms with Crippen molar-refractivity contribution in [2.45, 2.75) is 70.2 Å². The molecule has 0 amide bonds. The highest BCUT2D eigenvalue weighted by molar-refractivity contribution is 6.74. The van der Waals surface area contributed by atoms with E-state index in [1.54, 1.807) is 0 Å². The number of carbonyl (C=O) groups excluding carboxylic acids is 1. The van der Waals surface area contributed by atoms with Crippen molar-refractivity contribution in [2.24, 2.45) is 5.41 Å². The monoisotopic (exact) mass is 418 g/mol. The van der Waals surface area contributed by atoms with Crippen molar-refractivity contribution in [1.82, 2.24) is 0 Å². The lowest BCUT2D eigenvalue weighted by Crippen LogP contribution is -2.62. The highest BCUT2D eigenvalue weighted by Gasteiger charge is 2.60. The summed E-state index contributed by atoms with van der Waals surface area (Å²) in [6.07, 6.45) is 3.90. The van der Waals surface area contributed by atoms with Gasteiger partial charge in [0, 0.05) is 6.42 Å². The first-order valence-electron chi connectivity index (χ1n) is 10.3. The molecule has 2 aliphatic heterocycles. The fourth-order valence-electron chi connectivity index (χ4n) is 3.80. The van der Waals surface area contributed by atoms with E-state index >= 15 is 0 Å². The summed E-state index contributed by atoms with van der Waals surface area (Å²) in [5.41, 5.74) is 0.0497. The van der Waals surface area contributed by atoms with Crippen molar-refractivity contribution in [3.05, 3.63) is 48.0 Å². The molecule has 2 aliphatic rings. The summed E-state index contributed by atoms with van der Waals surface area (Å²) in [5.74, 6) is -0.329. The van der Waals surface area contributed by atoms with Crippen LogP contribution in [0.5, 0.6) is 0 Å². The zero-order valence-electron chi connectivity index (χ0n) is 18.4. The standard InChI is InChI=1S/C23H34O5Si/c1-22(2,3)29(5,6)28-20-14-18-12-13-19(27-18)23(20,21(24)25-4)16-26-15-17-10-8-7-9-11-17/h7-13,18-20H,14-16H2,1-6H3/t18-,19+,20-,23-/m1/s1. The Balaban J connectivity index is 1.88. The minimum atomic E-state index is -2.12. The van der Waals surface area contributed by atoms with Gasteiger partial charge in [-0.1, -0.05) is 63.3 Å². The van der Waals surface area contributed by atoms with E-state index in [0.29, 0.717) is 13.0 Å². The molecule has 1 aromatic carbocycles. The summed E-state index contributed by atoms with van der Waals surface area (Å²) in [6.45, 7) is 11.7. The number of rotatable bonds is 7. The third-order valence-corrected chi connectivity index (χ3v) is 11.1. The number of carbonyl (C=O) groups is 1. The van der Waals surface area contributed by atoms with Gasteiger partial charge in [0.15, 0.2) is 8.32 Å². The Bertz CT molecular complexity index is 739. The van der Waals surface area contributed by atoms with E-state index in [1.807, 2.05) is 42.5 Å². The van der Waals surface area contributed by atoms with Crippen LogP contribution in [0.3, 0.4) is 0 Å². The van der Waals surface area contributed by atoms with E-state index < -0.39 is 19.8 Å². The van der Waals surface area contributed by atoms with Gasteiger partial charge in [0.25, 0.3) is 0 Å². The number of hydrogen-bond acceptors (Lipinski definition) is 5. The summed E-state index contributed by atoms with van der Waals surface area (Å²) in [6, 6.07) is 9.95. The molecule has 6 heteroatoms. The van der Waals surface area contributed by atoms with Crippen molar-refractivity contribution in [3.8, 4) is 0 Å². The van der Waals surface area contributed by atoms with Gasteiger partial charge in [-0.25, -0.2) is 0 Å². The predicted molar refractivity (Wildman–Crippen MR) is 115 cm³/mol. The Kier molecular flexibility index (Phi) is 6.39.